The van der Waals surface area contributed by atoms with Crippen LogP contribution in [-0.4, -0.2) is 19.1 Å². The van der Waals surface area contributed by atoms with Crippen LogP contribution >= 0.6 is 0 Å². The molecule has 20 heavy (non-hydrogen) atoms. The summed E-state index contributed by atoms with van der Waals surface area (Å²) in [4.78, 5) is 11.4. The number of ether oxygens (including phenoxy) is 1. The third-order valence-electron chi connectivity index (χ3n) is 4.31. The third kappa shape index (κ3) is 3.63. The molecule has 1 saturated carbocycles. The zero-order valence-corrected chi connectivity index (χ0v) is 12.6. The van der Waals surface area contributed by atoms with E-state index in [1.807, 2.05) is 6.07 Å². The van der Waals surface area contributed by atoms with E-state index in [-0.39, 0.29) is 11.8 Å². The van der Waals surface area contributed by atoms with Crippen LogP contribution in [0.2, 0.25) is 0 Å². The van der Waals surface area contributed by atoms with Crippen LogP contribution < -0.4 is 5.32 Å². The van der Waals surface area contributed by atoms with Crippen molar-refractivity contribution >= 4 is 5.97 Å². The number of nitrogens with one attached hydrogen (secondary N) is 1. The first-order valence-corrected chi connectivity index (χ1v) is 7.56. The van der Waals surface area contributed by atoms with Crippen LogP contribution in [0, 0.1) is 5.92 Å². The molecule has 112 valence electrons. The second-order valence-electron chi connectivity index (χ2n) is 5.77. The number of carbonyl (C=O) groups is 1. The zero-order valence-electron chi connectivity index (χ0n) is 12.6. The Morgan fingerprint density at radius 2 is 2.00 bits per heavy atom. The average molecular weight is 279 g/mol. The van der Waals surface area contributed by atoms with E-state index in [9.17, 15) is 4.79 Å². The number of hydrogen-bond acceptors (Lipinski definition) is 4. The van der Waals surface area contributed by atoms with Crippen LogP contribution in [0.3, 0.4) is 0 Å². The van der Waals surface area contributed by atoms with E-state index in [0.29, 0.717) is 6.04 Å². The van der Waals surface area contributed by atoms with Gasteiger partial charge in [0.1, 0.15) is 5.76 Å². The molecule has 2 atom stereocenters. The Morgan fingerprint density at radius 3 is 2.65 bits per heavy atom. The number of methoxy groups -OCH3 is 1. The summed E-state index contributed by atoms with van der Waals surface area (Å²) in [6.45, 7) is 4.32. The summed E-state index contributed by atoms with van der Waals surface area (Å²) in [6, 6.07) is 4.09. The summed E-state index contributed by atoms with van der Waals surface area (Å²) in [6.07, 6.45) is 6.69. The lowest BCUT2D eigenvalue weighted by atomic mass is 9.84. The van der Waals surface area contributed by atoms with Gasteiger partial charge in [0.2, 0.25) is 5.76 Å². The van der Waals surface area contributed by atoms with Crippen molar-refractivity contribution in [3.05, 3.63) is 23.7 Å². The third-order valence-corrected chi connectivity index (χ3v) is 4.31. The minimum Gasteiger partial charge on any atom is -0.463 e. The molecule has 1 N–H and O–H groups in total. The minimum absolute atomic E-state index is 0.102. The quantitative estimate of drug-likeness (QED) is 0.835. The van der Waals surface area contributed by atoms with Gasteiger partial charge in [-0.05, 0) is 44.7 Å². The Morgan fingerprint density at radius 1 is 1.30 bits per heavy atom. The van der Waals surface area contributed by atoms with Gasteiger partial charge >= 0.3 is 5.97 Å². The fraction of sp³-hybridized carbons (Fsp3) is 0.688. The maximum absolute atomic E-state index is 11.4. The second-order valence-corrected chi connectivity index (χ2v) is 5.77. The molecule has 1 unspecified atom stereocenters. The predicted molar refractivity (Wildman–Crippen MR) is 77.6 cm³/mol. The Kier molecular flexibility index (Phi) is 5.24. The van der Waals surface area contributed by atoms with E-state index < -0.39 is 5.97 Å². The van der Waals surface area contributed by atoms with Gasteiger partial charge in [-0.2, -0.15) is 0 Å². The average Bonchev–Trinajstić information content (AvgIpc) is 2.97. The van der Waals surface area contributed by atoms with Crippen LogP contribution in [0.15, 0.2) is 16.5 Å². The number of rotatable bonds is 5. The van der Waals surface area contributed by atoms with Gasteiger partial charge in [0.25, 0.3) is 0 Å². The first-order valence-electron chi connectivity index (χ1n) is 7.56. The van der Waals surface area contributed by atoms with Crippen LogP contribution in [0.5, 0.6) is 0 Å². The molecule has 0 bridgehead atoms. The van der Waals surface area contributed by atoms with Gasteiger partial charge in [-0.3, -0.25) is 0 Å². The standard InChI is InChI=1S/C16H25NO3/c1-11(13-7-5-4-6-8-13)17-12(2)14-9-10-15(20-14)16(18)19-3/h9-13,17H,4-8H2,1-3H3/t11-,12?/m0/s1. The molecule has 4 nitrogen and oxygen atoms in total. The molecule has 0 spiro atoms. The van der Waals surface area contributed by atoms with Crippen LogP contribution in [0.25, 0.3) is 0 Å². The van der Waals surface area contributed by atoms with Crippen LogP contribution in [-0.2, 0) is 4.74 Å². The molecule has 0 aliphatic heterocycles. The Bertz CT molecular complexity index is 435. The van der Waals surface area contributed by atoms with Crippen molar-refractivity contribution in [2.24, 2.45) is 5.92 Å². The zero-order chi connectivity index (χ0) is 14.5. The molecule has 0 aromatic carbocycles. The Hall–Kier alpha value is -1.29. The maximum Gasteiger partial charge on any atom is 0.373 e. The van der Waals surface area contributed by atoms with Gasteiger partial charge in [-0.1, -0.05) is 19.3 Å². The van der Waals surface area contributed by atoms with Crippen molar-refractivity contribution in [2.75, 3.05) is 7.11 Å². The molecule has 1 aliphatic rings. The van der Waals surface area contributed by atoms with Gasteiger partial charge in [0.05, 0.1) is 13.2 Å². The molecule has 1 aromatic rings. The highest BCUT2D eigenvalue weighted by Gasteiger charge is 2.23. The summed E-state index contributed by atoms with van der Waals surface area (Å²) < 4.78 is 10.2. The van der Waals surface area contributed by atoms with E-state index in [1.165, 1.54) is 39.2 Å². The summed E-state index contributed by atoms with van der Waals surface area (Å²) in [7, 11) is 1.36. The molecule has 1 fully saturated rings. The second kappa shape index (κ2) is 6.93. The molecule has 1 heterocycles. The fourth-order valence-corrected chi connectivity index (χ4v) is 3.04. The van der Waals surface area contributed by atoms with Crippen molar-refractivity contribution in [1.82, 2.24) is 5.32 Å². The Labute approximate surface area is 120 Å². The van der Waals surface area contributed by atoms with Crippen molar-refractivity contribution in [2.45, 2.75) is 58.0 Å². The van der Waals surface area contributed by atoms with E-state index >= 15 is 0 Å². The molecular weight excluding hydrogens is 254 g/mol. The molecule has 1 aliphatic carbocycles. The van der Waals surface area contributed by atoms with Gasteiger partial charge < -0.3 is 14.5 Å². The van der Waals surface area contributed by atoms with E-state index in [4.69, 9.17) is 4.42 Å². The Balaban J connectivity index is 1.91. The first kappa shape index (κ1) is 15.1. The normalized spacial score (nSPS) is 19.6. The van der Waals surface area contributed by atoms with Gasteiger partial charge in [0.15, 0.2) is 0 Å². The molecule has 1 aromatic heterocycles. The van der Waals surface area contributed by atoms with Gasteiger partial charge in [-0.25, -0.2) is 4.79 Å². The van der Waals surface area contributed by atoms with E-state index in [1.54, 1.807) is 6.07 Å². The number of hydrogen-bond donors (Lipinski definition) is 1. The fourth-order valence-electron chi connectivity index (χ4n) is 3.04. The smallest absolute Gasteiger partial charge is 0.373 e. The molecule has 4 heteroatoms. The lowest BCUT2D eigenvalue weighted by Gasteiger charge is -2.30. The molecule has 0 radical (unpaired) electrons. The summed E-state index contributed by atoms with van der Waals surface area (Å²) in [5.41, 5.74) is 0. The highest BCUT2D eigenvalue weighted by atomic mass is 16.5. The molecular formula is C16H25NO3. The molecule has 0 amide bonds. The van der Waals surface area contributed by atoms with Gasteiger partial charge in [0, 0.05) is 6.04 Å². The topological polar surface area (TPSA) is 51.5 Å². The lowest BCUT2D eigenvalue weighted by molar-refractivity contribution is 0.0562. The number of furan rings is 1. The van der Waals surface area contributed by atoms with Crippen molar-refractivity contribution in [3.8, 4) is 0 Å². The molecule has 0 saturated heterocycles. The van der Waals surface area contributed by atoms with Crippen LogP contribution in [0.1, 0.15) is 68.3 Å². The highest BCUT2D eigenvalue weighted by molar-refractivity contribution is 5.86. The largest absolute Gasteiger partial charge is 0.463 e. The van der Waals surface area contributed by atoms with E-state index in [0.717, 1.165) is 11.7 Å². The highest BCUT2D eigenvalue weighted by Crippen LogP contribution is 2.28. The van der Waals surface area contributed by atoms with Crippen molar-refractivity contribution in [3.63, 3.8) is 0 Å². The van der Waals surface area contributed by atoms with E-state index in [2.05, 4.69) is 23.9 Å². The van der Waals surface area contributed by atoms with Crippen molar-refractivity contribution in [1.29, 1.82) is 0 Å². The van der Waals surface area contributed by atoms with Crippen LogP contribution in [0.4, 0.5) is 0 Å². The molecule has 2 rings (SSSR count). The summed E-state index contributed by atoms with van der Waals surface area (Å²) >= 11 is 0. The maximum atomic E-state index is 11.4. The summed E-state index contributed by atoms with van der Waals surface area (Å²) in [5, 5.41) is 3.59. The lowest BCUT2D eigenvalue weighted by Crippen LogP contribution is -2.36. The predicted octanol–water partition coefficient (Wildman–Crippen LogP) is 3.69. The number of carbonyl (C=O) groups excluding carboxylic acids is 1. The summed E-state index contributed by atoms with van der Waals surface area (Å²) in [5.74, 6) is 1.37. The monoisotopic (exact) mass is 279 g/mol. The first-order chi connectivity index (χ1) is 9.61. The number of esters is 1. The van der Waals surface area contributed by atoms with Gasteiger partial charge in [-0.15, -0.1) is 0 Å². The SMILES string of the molecule is COC(=O)c1ccc(C(C)N[C@@H](C)C2CCCCC2)o1. The van der Waals surface area contributed by atoms with Crippen molar-refractivity contribution < 1.29 is 13.9 Å². The minimum atomic E-state index is -0.427.